The fourth-order valence-corrected chi connectivity index (χ4v) is 5.69. The summed E-state index contributed by atoms with van der Waals surface area (Å²) in [5.74, 6) is 1.30. The van der Waals surface area contributed by atoms with Crippen LogP contribution in [0.5, 0.6) is 0 Å². The molecular formula is C33H34N8O3. The highest BCUT2D eigenvalue weighted by atomic mass is 16.5. The molecule has 0 bridgehead atoms. The van der Waals surface area contributed by atoms with Crippen LogP contribution < -0.4 is 11.2 Å². The van der Waals surface area contributed by atoms with Crippen LogP contribution in [0.15, 0.2) is 88.5 Å². The zero-order valence-electron chi connectivity index (χ0n) is 25.3. The fraction of sp³-hybridized carbons (Fsp3) is 0.273. The fourth-order valence-electron chi connectivity index (χ4n) is 5.69. The molecule has 0 fully saturated rings. The van der Waals surface area contributed by atoms with Crippen molar-refractivity contribution in [3.8, 4) is 22.5 Å². The molecule has 224 valence electrons. The summed E-state index contributed by atoms with van der Waals surface area (Å²) in [5.41, 5.74) is 4.57. The molecule has 11 nitrogen and oxygen atoms in total. The Balaban J connectivity index is 1.49. The van der Waals surface area contributed by atoms with Gasteiger partial charge in [0.05, 0.1) is 6.04 Å². The number of fused-ring (bicyclic) bond motifs is 1. The van der Waals surface area contributed by atoms with E-state index in [-0.39, 0.29) is 11.5 Å². The van der Waals surface area contributed by atoms with Crippen molar-refractivity contribution in [1.29, 1.82) is 0 Å². The summed E-state index contributed by atoms with van der Waals surface area (Å²) in [6.07, 6.45) is -0.637. The Kier molecular flexibility index (Phi) is 7.79. The number of hydrogen-bond donors (Lipinski definition) is 1. The first-order valence-corrected chi connectivity index (χ1v) is 14.6. The molecule has 2 unspecified atom stereocenters. The molecule has 0 aliphatic heterocycles. The molecule has 0 radical (unpaired) electrons. The van der Waals surface area contributed by atoms with Crippen molar-refractivity contribution in [3.05, 3.63) is 117 Å². The first kappa shape index (κ1) is 28.9. The summed E-state index contributed by atoms with van der Waals surface area (Å²) >= 11 is 0. The molecule has 2 atom stereocenters. The predicted octanol–water partition coefficient (Wildman–Crippen LogP) is 5.15. The second-order valence-corrected chi connectivity index (χ2v) is 11.1. The van der Waals surface area contributed by atoms with Crippen LogP contribution in [0.1, 0.15) is 62.8 Å². The predicted molar refractivity (Wildman–Crippen MR) is 168 cm³/mol. The van der Waals surface area contributed by atoms with Crippen molar-refractivity contribution in [2.45, 2.75) is 52.4 Å². The minimum Gasteiger partial charge on any atom is -0.361 e. The van der Waals surface area contributed by atoms with Crippen LogP contribution in [0.3, 0.4) is 0 Å². The van der Waals surface area contributed by atoms with Crippen LogP contribution in [0.2, 0.25) is 0 Å². The van der Waals surface area contributed by atoms with Crippen LogP contribution in [-0.2, 0) is 11.3 Å². The molecule has 3 aromatic carbocycles. The van der Waals surface area contributed by atoms with Crippen molar-refractivity contribution in [3.63, 3.8) is 0 Å². The highest BCUT2D eigenvalue weighted by Gasteiger charge is 2.27. The van der Waals surface area contributed by atoms with Gasteiger partial charge in [-0.05, 0) is 46.5 Å². The van der Waals surface area contributed by atoms with Crippen molar-refractivity contribution in [2.75, 3.05) is 7.11 Å². The number of H-pyrrole nitrogens is 1. The maximum absolute atomic E-state index is 14.3. The van der Waals surface area contributed by atoms with Crippen molar-refractivity contribution < 1.29 is 4.74 Å². The molecule has 44 heavy (non-hydrogen) atoms. The average molecular weight is 591 g/mol. The van der Waals surface area contributed by atoms with Gasteiger partial charge in [-0.2, -0.15) is 0 Å². The topological polar surface area (TPSA) is 126 Å². The van der Waals surface area contributed by atoms with Crippen molar-refractivity contribution >= 4 is 11.2 Å². The zero-order chi connectivity index (χ0) is 31.0. The van der Waals surface area contributed by atoms with Gasteiger partial charge >= 0.3 is 5.69 Å². The molecule has 0 spiro atoms. The van der Waals surface area contributed by atoms with Gasteiger partial charge in [-0.15, -0.1) is 5.10 Å². The molecule has 0 saturated carbocycles. The number of tetrazole rings is 1. The SMILES string of the molecule is COC(C)n1c(=O)n(C(C)c2ccccc2)c(=O)c2c1nc(C(C)C)n2Cc1ccc(-c2ccccc2-c2nnn[nH]2)cc1. The van der Waals surface area contributed by atoms with E-state index in [0.717, 1.165) is 27.8 Å². The summed E-state index contributed by atoms with van der Waals surface area (Å²) in [4.78, 5) is 33.1. The van der Waals surface area contributed by atoms with E-state index in [0.29, 0.717) is 29.4 Å². The number of ether oxygens (including phenoxy) is 1. The number of rotatable bonds is 9. The summed E-state index contributed by atoms with van der Waals surface area (Å²) in [7, 11) is 1.54. The second-order valence-electron chi connectivity index (χ2n) is 11.1. The molecule has 0 saturated heterocycles. The van der Waals surface area contributed by atoms with Gasteiger partial charge in [-0.25, -0.2) is 19.4 Å². The van der Waals surface area contributed by atoms with E-state index in [2.05, 4.69) is 20.6 Å². The number of benzene rings is 3. The minimum atomic E-state index is -0.637. The maximum atomic E-state index is 14.3. The van der Waals surface area contributed by atoms with E-state index in [4.69, 9.17) is 9.72 Å². The molecule has 6 aromatic rings. The lowest BCUT2D eigenvalue weighted by molar-refractivity contribution is 0.0583. The number of hydrogen-bond acceptors (Lipinski definition) is 7. The lowest BCUT2D eigenvalue weighted by Gasteiger charge is -2.20. The van der Waals surface area contributed by atoms with Gasteiger partial charge in [0.25, 0.3) is 5.56 Å². The van der Waals surface area contributed by atoms with E-state index in [1.807, 2.05) is 104 Å². The number of aromatic amines is 1. The molecule has 11 heteroatoms. The Morgan fingerprint density at radius 3 is 2.16 bits per heavy atom. The first-order valence-electron chi connectivity index (χ1n) is 14.6. The smallest absolute Gasteiger partial charge is 0.335 e. The van der Waals surface area contributed by atoms with Gasteiger partial charge in [0.2, 0.25) is 0 Å². The molecule has 0 amide bonds. The molecule has 3 heterocycles. The van der Waals surface area contributed by atoms with Crippen LogP contribution in [-0.4, -0.2) is 46.4 Å². The second kappa shape index (κ2) is 11.8. The largest absolute Gasteiger partial charge is 0.361 e. The normalized spacial score (nSPS) is 13.0. The highest BCUT2D eigenvalue weighted by Crippen LogP contribution is 2.30. The molecule has 1 N–H and O–H groups in total. The number of methoxy groups -OCH3 is 1. The zero-order valence-corrected chi connectivity index (χ0v) is 25.3. The van der Waals surface area contributed by atoms with Crippen LogP contribution >= 0.6 is 0 Å². The number of aromatic nitrogens is 8. The van der Waals surface area contributed by atoms with Crippen molar-refractivity contribution in [1.82, 2.24) is 39.3 Å². The molecule has 0 aliphatic rings. The lowest BCUT2D eigenvalue weighted by Crippen LogP contribution is -2.43. The quantitative estimate of drug-likeness (QED) is 0.247. The maximum Gasteiger partial charge on any atom is 0.335 e. The van der Waals surface area contributed by atoms with Gasteiger partial charge in [0.1, 0.15) is 12.1 Å². The first-order chi connectivity index (χ1) is 21.3. The van der Waals surface area contributed by atoms with Gasteiger partial charge in [-0.3, -0.25) is 9.36 Å². The van der Waals surface area contributed by atoms with Crippen LogP contribution in [0.4, 0.5) is 0 Å². The Morgan fingerprint density at radius 1 is 0.841 bits per heavy atom. The van der Waals surface area contributed by atoms with Crippen LogP contribution in [0, 0.1) is 0 Å². The summed E-state index contributed by atoms with van der Waals surface area (Å²) in [5, 5.41) is 14.4. The van der Waals surface area contributed by atoms with E-state index in [1.165, 1.54) is 16.2 Å². The Hall–Kier alpha value is -5.16. The average Bonchev–Trinajstić information content (AvgIpc) is 3.71. The van der Waals surface area contributed by atoms with Gasteiger partial charge in [-0.1, -0.05) is 92.7 Å². The molecular weight excluding hydrogens is 556 g/mol. The lowest BCUT2D eigenvalue weighted by atomic mass is 9.98. The third-order valence-corrected chi connectivity index (χ3v) is 8.06. The van der Waals surface area contributed by atoms with E-state index in [1.54, 1.807) is 6.92 Å². The monoisotopic (exact) mass is 590 g/mol. The minimum absolute atomic E-state index is 0.00938. The summed E-state index contributed by atoms with van der Waals surface area (Å²) in [6.45, 7) is 8.10. The number of nitrogens with zero attached hydrogens (tertiary/aromatic N) is 7. The molecule has 0 aliphatic carbocycles. The number of nitrogens with one attached hydrogen (secondary N) is 1. The van der Waals surface area contributed by atoms with Crippen LogP contribution in [0.25, 0.3) is 33.7 Å². The molecule has 3 aromatic heterocycles. The third kappa shape index (κ3) is 5.05. The Morgan fingerprint density at radius 2 is 1.52 bits per heavy atom. The van der Waals surface area contributed by atoms with Crippen molar-refractivity contribution in [2.24, 2.45) is 0 Å². The van der Waals surface area contributed by atoms with E-state index >= 15 is 0 Å². The van der Waals surface area contributed by atoms with Gasteiger partial charge < -0.3 is 9.30 Å². The third-order valence-electron chi connectivity index (χ3n) is 8.06. The van der Waals surface area contributed by atoms with E-state index < -0.39 is 18.0 Å². The number of imidazole rings is 1. The van der Waals surface area contributed by atoms with Gasteiger partial charge in [0.15, 0.2) is 17.0 Å². The Labute approximate surface area is 253 Å². The summed E-state index contributed by atoms with van der Waals surface area (Å²) in [6, 6.07) is 25.1. The van der Waals surface area contributed by atoms with E-state index in [9.17, 15) is 9.59 Å². The molecule has 6 rings (SSSR count). The summed E-state index contributed by atoms with van der Waals surface area (Å²) < 4.78 is 10.3. The van der Waals surface area contributed by atoms with Gasteiger partial charge in [0, 0.05) is 25.1 Å². The Bertz CT molecular complexity index is 2020. The standard InChI is InChI=1S/C33H34N8O3/c1-20(2)30-34-31-28(32(42)40(33(43)41(31)22(4)44-5)21(3)24-11-7-6-8-12-24)39(30)19-23-15-17-25(18-16-23)26-13-9-10-14-27(26)29-35-37-38-36-29/h6-18,20-22H,19H2,1-5H3,(H,35,36,37,38). The highest BCUT2D eigenvalue weighted by molar-refractivity contribution is 5.80.